The SMILES string of the molecule is CNCCN(C)Cc1cc(F)c(F)c(F)c1.Cl. The highest BCUT2D eigenvalue weighted by atomic mass is 35.5. The average Bonchev–Trinajstić information content (AvgIpc) is 2.23. The van der Waals surface area contributed by atoms with E-state index in [9.17, 15) is 13.2 Å². The van der Waals surface area contributed by atoms with Gasteiger partial charge in [-0.1, -0.05) is 0 Å². The molecule has 0 spiro atoms. The third-order valence-electron chi connectivity index (χ3n) is 2.24. The van der Waals surface area contributed by atoms with Crippen LogP contribution in [0, 0.1) is 17.5 Å². The molecule has 2 nitrogen and oxygen atoms in total. The first-order chi connectivity index (χ1) is 7.54. The first-order valence-corrected chi connectivity index (χ1v) is 5.01. The number of hydrogen-bond donors (Lipinski definition) is 1. The second-order valence-corrected chi connectivity index (χ2v) is 3.71. The van der Waals surface area contributed by atoms with Crippen molar-refractivity contribution in [2.45, 2.75) is 6.54 Å². The molecule has 0 bridgehead atoms. The fraction of sp³-hybridized carbons (Fsp3) is 0.455. The molecule has 0 saturated carbocycles. The molecule has 6 heteroatoms. The molecule has 1 aromatic rings. The third kappa shape index (κ3) is 4.93. The predicted octanol–water partition coefficient (Wildman–Crippen LogP) is 2.18. The molecular weight excluding hydrogens is 253 g/mol. The summed E-state index contributed by atoms with van der Waals surface area (Å²) in [6, 6.07) is 2.04. The molecule has 0 aromatic heterocycles. The second-order valence-electron chi connectivity index (χ2n) is 3.71. The van der Waals surface area contributed by atoms with Crippen molar-refractivity contribution in [3.05, 3.63) is 35.1 Å². The van der Waals surface area contributed by atoms with Crippen molar-refractivity contribution < 1.29 is 13.2 Å². The summed E-state index contributed by atoms with van der Waals surface area (Å²) in [6.45, 7) is 1.91. The van der Waals surface area contributed by atoms with E-state index in [2.05, 4.69) is 5.32 Å². The highest BCUT2D eigenvalue weighted by molar-refractivity contribution is 5.85. The van der Waals surface area contributed by atoms with Crippen molar-refractivity contribution in [2.24, 2.45) is 0 Å². The molecule has 1 rings (SSSR count). The van der Waals surface area contributed by atoms with Crippen LogP contribution >= 0.6 is 12.4 Å². The fourth-order valence-corrected chi connectivity index (χ4v) is 1.39. The lowest BCUT2D eigenvalue weighted by Crippen LogP contribution is -2.27. The molecular formula is C11H16ClF3N2. The molecule has 0 radical (unpaired) electrons. The summed E-state index contributed by atoms with van der Waals surface area (Å²) in [5, 5.41) is 2.97. The van der Waals surface area contributed by atoms with Gasteiger partial charge in [-0.15, -0.1) is 12.4 Å². The molecule has 0 unspecified atom stereocenters. The van der Waals surface area contributed by atoms with Crippen LogP contribution in [0.2, 0.25) is 0 Å². The highest BCUT2D eigenvalue weighted by Gasteiger charge is 2.11. The van der Waals surface area contributed by atoms with Crippen LogP contribution in [0.5, 0.6) is 0 Å². The maximum absolute atomic E-state index is 12.9. The van der Waals surface area contributed by atoms with E-state index in [1.807, 2.05) is 19.0 Å². The third-order valence-corrected chi connectivity index (χ3v) is 2.24. The summed E-state index contributed by atoms with van der Waals surface area (Å²) in [5.74, 6) is -3.70. The van der Waals surface area contributed by atoms with Crippen molar-refractivity contribution in [1.82, 2.24) is 10.2 Å². The Hall–Kier alpha value is -0.780. The molecule has 0 aliphatic heterocycles. The zero-order chi connectivity index (χ0) is 12.1. The molecule has 0 aliphatic rings. The zero-order valence-corrected chi connectivity index (χ0v) is 10.6. The minimum atomic E-state index is -1.42. The highest BCUT2D eigenvalue weighted by Crippen LogP contribution is 2.14. The summed E-state index contributed by atoms with van der Waals surface area (Å²) < 4.78 is 38.5. The molecule has 17 heavy (non-hydrogen) atoms. The van der Waals surface area contributed by atoms with E-state index in [0.29, 0.717) is 12.1 Å². The molecule has 0 heterocycles. The Morgan fingerprint density at radius 3 is 2.18 bits per heavy atom. The molecule has 0 amide bonds. The topological polar surface area (TPSA) is 15.3 Å². The Labute approximate surface area is 105 Å². The van der Waals surface area contributed by atoms with Gasteiger partial charge in [0, 0.05) is 19.6 Å². The molecule has 0 aliphatic carbocycles. The van der Waals surface area contributed by atoms with E-state index in [-0.39, 0.29) is 12.4 Å². The maximum Gasteiger partial charge on any atom is 0.194 e. The van der Waals surface area contributed by atoms with Gasteiger partial charge in [0.2, 0.25) is 0 Å². The normalized spacial score (nSPS) is 10.5. The number of hydrogen-bond acceptors (Lipinski definition) is 2. The van der Waals surface area contributed by atoms with E-state index in [4.69, 9.17) is 0 Å². The van der Waals surface area contributed by atoms with Crippen molar-refractivity contribution in [1.29, 1.82) is 0 Å². The molecule has 0 atom stereocenters. The van der Waals surface area contributed by atoms with Gasteiger partial charge >= 0.3 is 0 Å². The first kappa shape index (κ1) is 16.2. The number of halogens is 4. The number of rotatable bonds is 5. The Morgan fingerprint density at radius 1 is 1.18 bits per heavy atom. The maximum atomic E-state index is 12.9. The van der Waals surface area contributed by atoms with Gasteiger partial charge in [0.25, 0.3) is 0 Å². The second kappa shape index (κ2) is 7.53. The summed E-state index contributed by atoms with van der Waals surface area (Å²) in [7, 11) is 3.65. The van der Waals surface area contributed by atoms with Crippen LogP contribution in [-0.4, -0.2) is 32.1 Å². The lowest BCUT2D eigenvalue weighted by Gasteiger charge is -2.16. The average molecular weight is 269 g/mol. The predicted molar refractivity (Wildman–Crippen MR) is 63.8 cm³/mol. The lowest BCUT2D eigenvalue weighted by molar-refractivity contribution is 0.325. The van der Waals surface area contributed by atoms with E-state index >= 15 is 0 Å². The minimum Gasteiger partial charge on any atom is -0.318 e. The van der Waals surface area contributed by atoms with Gasteiger partial charge in [0.15, 0.2) is 17.5 Å². The minimum absolute atomic E-state index is 0. The van der Waals surface area contributed by atoms with Crippen molar-refractivity contribution >= 4 is 12.4 Å². The van der Waals surface area contributed by atoms with Gasteiger partial charge in [-0.25, -0.2) is 13.2 Å². The number of likely N-dealkylation sites (N-methyl/N-ethyl adjacent to an activating group) is 2. The summed E-state index contributed by atoms with van der Waals surface area (Å²) in [4.78, 5) is 1.89. The van der Waals surface area contributed by atoms with Gasteiger partial charge in [0.05, 0.1) is 0 Å². The standard InChI is InChI=1S/C11H15F3N2.ClH/c1-15-3-4-16(2)7-8-5-9(12)11(14)10(13)6-8;/h5-6,15H,3-4,7H2,1-2H3;1H. The number of nitrogens with one attached hydrogen (secondary N) is 1. The van der Waals surface area contributed by atoms with Gasteiger partial charge in [-0.2, -0.15) is 0 Å². The van der Waals surface area contributed by atoms with Crippen molar-refractivity contribution in [3.63, 3.8) is 0 Å². The van der Waals surface area contributed by atoms with Gasteiger partial charge in [0.1, 0.15) is 0 Å². The van der Waals surface area contributed by atoms with E-state index in [0.717, 1.165) is 25.2 Å². The van der Waals surface area contributed by atoms with Crippen LogP contribution in [0.25, 0.3) is 0 Å². The van der Waals surface area contributed by atoms with Crippen LogP contribution in [-0.2, 0) is 6.54 Å². The smallest absolute Gasteiger partial charge is 0.194 e. The van der Waals surface area contributed by atoms with Crippen LogP contribution in [0.15, 0.2) is 12.1 Å². The van der Waals surface area contributed by atoms with E-state index in [1.165, 1.54) is 0 Å². The number of benzene rings is 1. The zero-order valence-electron chi connectivity index (χ0n) is 9.77. The monoisotopic (exact) mass is 268 g/mol. The van der Waals surface area contributed by atoms with Crippen molar-refractivity contribution in [2.75, 3.05) is 27.2 Å². The summed E-state index contributed by atoms with van der Waals surface area (Å²) in [5.41, 5.74) is 0.426. The van der Waals surface area contributed by atoms with Crippen LogP contribution in [0.1, 0.15) is 5.56 Å². The molecule has 0 fully saturated rings. The summed E-state index contributed by atoms with van der Waals surface area (Å²) >= 11 is 0. The number of nitrogens with zero attached hydrogens (tertiary/aromatic N) is 1. The van der Waals surface area contributed by atoms with E-state index < -0.39 is 17.5 Å². The van der Waals surface area contributed by atoms with Crippen molar-refractivity contribution in [3.8, 4) is 0 Å². The van der Waals surface area contributed by atoms with Crippen LogP contribution in [0.3, 0.4) is 0 Å². The quantitative estimate of drug-likeness (QED) is 0.824. The van der Waals surface area contributed by atoms with Gasteiger partial charge in [-0.05, 0) is 31.8 Å². The Bertz CT molecular complexity index is 338. The van der Waals surface area contributed by atoms with E-state index in [1.54, 1.807) is 0 Å². The van der Waals surface area contributed by atoms with Gasteiger partial charge in [-0.3, -0.25) is 0 Å². The molecule has 98 valence electrons. The van der Waals surface area contributed by atoms with Crippen LogP contribution < -0.4 is 5.32 Å². The lowest BCUT2D eigenvalue weighted by atomic mass is 10.2. The first-order valence-electron chi connectivity index (χ1n) is 5.01. The largest absolute Gasteiger partial charge is 0.318 e. The summed E-state index contributed by atoms with van der Waals surface area (Å²) in [6.07, 6.45) is 0. The Morgan fingerprint density at radius 2 is 1.71 bits per heavy atom. The fourth-order valence-electron chi connectivity index (χ4n) is 1.39. The van der Waals surface area contributed by atoms with Crippen LogP contribution in [0.4, 0.5) is 13.2 Å². The van der Waals surface area contributed by atoms with Gasteiger partial charge < -0.3 is 10.2 Å². The molecule has 1 N–H and O–H groups in total. The molecule has 0 saturated heterocycles. The Balaban J connectivity index is 0.00000256. The molecule has 1 aromatic carbocycles. The Kier molecular flexibility index (Phi) is 7.18.